The van der Waals surface area contributed by atoms with Gasteiger partial charge in [-0.1, -0.05) is 91.0 Å². The highest BCUT2D eigenvalue weighted by molar-refractivity contribution is 7.10. The first kappa shape index (κ1) is 35.5. The van der Waals surface area contributed by atoms with Crippen molar-refractivity contribution in [2.45, 2.75) is 70.5 Å². The molecule has 5 aromatic rings. The lowest BCUT2D eigenvalue weighted by Crippen LogP contribution is -2.49. The SMILES string of the molecule is CC(Cc1ccccc1)Nc1oc(C(C2CCC(Cc3sccc3N(C)C)CC2)N2CCN(Cc3ccccc3)CC2)nc1Cc1ccccc1. The molecule has 1 N–H and O–H groups in total. The van der Waals surface area contributed by atoms with E-state index in [1.165, 1.54) is 59.4 Å². The van der Waals surface area contributed by atoms with Crippen molar-refractivity contribution in [1.29, 1.82) is 0 Å². The van der Waals surface area contributed by atoms with Crippen LogP contribution in [0.2, 0.25) is 0 Å². The van der Waals surface area contributed by atoms with Crippen LogP contribution in [0, 0.1) is 11.8 Å². The molecule has 3 heterocycles. The maximum atomic E-state index is 6.96. The van der Waals surface area contributed by atoms with Crippen LogP contribution in [0.15, 0.2) is 107 Å². The van der Waals surface area contributed by atoms with E-state index in [-0.39, 0.29) is 12.1 Å². The Morgan fingerprint density at radius 2 is 1.43 bits per heavy atom. The van der Waals surface area contributed by atoms with E-state index in [0.717, 1.165) is 69.0 Å². The number of rotatable bonds is 14. The summed E-state index contributed by atoms with van der Waals surface area (Å²) in [6, 6.07) is 35.0. The summed E-state index contributed by atoms with van der Waals surface area (Å²) in [5, 5.41) is 6.04. The largest absolute Gasteiger partial charge is 0.423 e. The maximum absolute atomic E-state index is 6.96. The van der Waals surface area contributed by atoms with Crippen LogP contribution in [0.1, 0.15) is 71.8 Å². The minimum atomic E-state index is 0.179. The Kier molecular flexibility index (Phi) is 11.9. The third-order valence-electron chi connectivity index (χ3n) is 11.0. The molecular formula is C44H55N5OS. The summed E-state index contributed by atoms with van der Waals surface area (Å²) in [6.07, 6.45) is 7.82. The van der Waals surface area contributed by atoms with Crippen molar-refractivity contribution in [3.8, 4) is 0 Å². The first-order chi connectivity index (χ1) is 25.0. The number of nitrogens with zero attached hydrogens (tertiary/aromatic N) is 4. The molecular weight excluding hydrogens is 647 g/mol. The fraction of sp³-hybridized carbons (Fsp3) is 0.432. The second-order valence-electron chi connectivity index (χ2n) is 15.1. The van der Waals surface area contributed by atoms with E-state index < -0.39 is 0 Å². The Labute approximate surface area is 309 Å². The molecule has 0 spiro atoms. The van der Waals surface area contributed by atoms with E-state index in [1.807, 2.05) is 11.3 Å². The predicted molar refractivity (Wildman–Crippen MR) is 213 cm³/mol. The van der Waals surface area contributed by atoms with Gasteiger partial charge in [-0.25, -0.2) is 4.98 Å². The molecule has 7 heteroatoms. The van der Waals surface area contributed by atoms with E-state index in [4.69, 9.17) is 9.40 Å². The van der Waals surface area contributed by atoms with Gasteiger partial charge >= 0.3 is 0 Å². The highest BCUT2D eigenvalue weighted by atomic mass is 32.1. The molecule has 2 unspecified atom stereocenters. The van der Waals surface area contributed by atoms with Gasteiger partial charge in [-0.05, 0) is 85.4 Å². The summed E-state index contributed by atoms with van der Waals surface area (Å²) in [4.78, 5) is 14.6. The molecule has 1 aliphatic heterocycles. The van der Waals surface area contributed by atoms with E-state index in [1.54, 1.807) is 0 Å². The van der Waals surface area contributed by atoms with Gasteiger partial charge in [-0.3, -0.25) is 9.80 Å². The summed E-state index contributed by atoms with van der Waals surface area (Å²) in [7, 11) is 4.33. The Morgan fingerprint density at radius 3 is 2.08 bits per heavy atom. The zero-order valence-electron chi connectivity index (χ0n) is 30.7. The summed E-state index contributed by atoms with van der Waals surface area (Å²) in [5.74, 6) is 3.00. The molecule has 0 bridgehead atoms. The number of anilines is 2. The first-order valence-corrected chi connectivity index (χ1v) is 19.9. The predicted octanol–water partition coefficient (Wildman–Crippen LogP) is 9.34. The standard InChI is InChI=1S/C44H55N5OS/c1-33(29-34-13-7-4-8-14-34)45-43-39(30-35-15-9-5-10-16-35)46-44(50-43)42(49-26-24-48(25-27-49)32-37-17-11-6-12-18-37)38-21-19-36(20-22-38)31-41-40(47(2)3)23-28-51-41/h4-18,23,28,33,36,38,42,45H,19-22,24-27,29-32H2,1-3H3. The molecule has 7 rings (SSSR count). The van der Waals surface area contributed by atoms with Crippen LogP contribution in [0.5, 0.6) is 0 Å². The summed E-state index contributed by atoms with van der Waals surface area (Å²) < 4.78 is 6.96. The zero-order valence-corrected chi connectivity index (χ0v) is 31.5. The molecule has 2 fully saturated rings. The summed E-state index contributed by atoms with van der Waals surface area (Å²) >= 11 is 1.92. The van der Waals surface area contributed by atoms with Gasteiger partial charge in [0.05, 0.1) is 11.7 Å². The van der Waals surface area contributed by atoms with Crippen LogP contribution in [0.4, 0.5) is 11.6 Å². The van der Waals surface area contributed by atoms with Crippen LogP contribution in [-0.2, 0) is 25.8 Å². The fourth-order valence-corrected chi connectivity index (χ4v) is 9.38. The Hall–Kier alpha value is -3.91. The minimum absolute atomic E-state index is 0.179. The van der Waals surface area contributed by atoms with Crippen molar-refractivity contribution in [2.75, 3.05) is 50.5 Å². The van der Waals surface area contributed by atoms with Crippen molar-refractivity contribution < 1.29 is 4.42 Å². The number of hydrogen-bond donors (Lipinski definition) is 1. The van der Waals surface area contributed by atoms with E-state index in [0.29, 0.717) is 5.92 Å². The average Bonchev–Trinajstić information content (AvgIpc) is 3.78. The van der Waals surface area contributed by atoms with E-state index in [9.17, 15) is 0 Å². The zero-order chi connectivity index (χ0) is 35.0. The van der Waals surface area contributed by atoms with E-state index in [2.05, 4.69) is 143 Å². The fourth-order valence-electron chi connectivity index (χ4n) is 8.31. The monoisotopic (exact) mass is 701 g/mol. The third kappa shape index (κ3) is 9.31. The maximum Gasteiger partial charge on any atom is 0.217 e. The van der Waals surface area contributed by atoms with Crippen molar-refractivity contribution in [3.05, 3.63) is 136 Å². The molecule has 1 saturated carbocycles. The second-order valence-corrected chi connectivity index (χ2v) is 16.1. The molecule has 51 heavy (non-hydrogen) atoms. The molecule has 268 valence electrons. The van der Waals surface area contributed by atoms with Crippen LogP contribution < -0.4 is 10.2 Å². The number of oxazole rings is 1. The number of benzene rings is 3. The van der Waals surface area contributed by atoms with Gasteiger partial charge < -0.3 is 14.6 Å². The Morgan fingerprint density at radius 1 is 0.804 bits per heavy atom. The van der Waals surface area contributed by atoms with Gasteiger partial charge in [0, 0.05) is 64.2 Å². The first-order valence-electron chi connectivity index (χ1n) is 19.1. The Bertz CT molecular complexity index is 1760. The van der Waals surface area contributed by atoms with Crippen molar-refractivity contribution in [1.82, 2.24) is 14.8 Å². The van der Waals surface area contributed by atoms with Gasteiger partial charge in [0.2, 0.25) is 11.8 Å². The molecule has 2 aromatic heterocycles. The summed E-state index contributed by atoms with van der Waals surface area (Å²) in [5.41, 5.74) is 6.38. The van der Waals surface area contributed by atoms with Crippen LogP contribution in [0.3, 0.4) is 0 Å². The molecule has 0 radical (unpaired) electrons. The minimum Gasteiger partial charge on any atom is -0.423 e. The topological polar surface area (TPSA) is 47.8 Å². The van der Waals surface area contributed by atoms with Crippen molar-refractivity contribution >= 4 is 22.9 Å². The highest BCUT2D eigenvalue weighted by Crippen LogP contribution is 2.43. The molecule has 2 aliphatic rings. The number of aromatic nitrogens is 1. The molecule has 2 atom stereocenters. The molecule has 3 aromatic carbocycles. The lowest BCUT2D eigenvalue weighted by Gasteiger charge is -2.42. The lowest BCUT2D eigenvalue weighted by atomic mass is 9.76. The van der Waals surface area contributed by atoms with Crippen LogP contribution >= 0.6 is 11.3 Å². The van der Waals surface area contributed by atoms with Crippen molar-refractivity contribution in [2.24, 2.45) is 11.8 Å². The van der Waals surface area contributed by atoms with Gasteiger partial charge in [-0.15, -0.1) is 11.3 Å². The molecule has 1 saturated heterocycles. The van der Waals surface area contributed by atoms with Crippen molar-refractivity contribution in [3.63, 3.8) is 0 Å². The van der Waals surface area contributed by atoms with Gasteiger partial charge in [-0.2, -0.15) is 0 Å². The Balaban J connectivity index is 1.12. The number of piperazine rings is 1. The van der Waals surface area contributed by atoms with E-state index >= 15 is 0 Å². The number of hydrogen-bond acceptors (Lipinski definition) is 7. The van der Waals surface area contributed by atoms with Crippen LogP contribution in [0.25, 0.3) is 0 Å². The van der Waals surface area contributed by atoms with Gasteiger partial charge in [0.25, 0.3) is 0 Å². The smallest absolute Gasteiger partial charge is 0.217 e. The summed E-state index contributed by atoms with van der Waals surface area (Å²) in [6.45, 7) is 7.44. The highest BCUT2D eigenvalue weighted by Gasteiger charge is 2.38. The number of thiophene rings is 1. The number of nitrogens with one attached hydrogen (secondary N) is 1. The average molecular weight is 702 g/mol. The van der Waals surface area contributed by atoms with Gasteiger partial charge in [0.1, 0.15) is 5.69 Å². The van der Waals surface area contributed by atoms with Crippen LogP contribution in [-0.4, -0.2) is 61.1 Å². The molecule has 1 aliphatic carbocycles. The third-order valence-corrected chi connectivity index (χ3v) is 11.9. The lowest BCUT2D eigenvalue weighted by molar-refractivity contribution is 0.0370. The van der Waals surface area contributed by atoms with Gasteiger partial charge in [0.15, 0.2) is 0 Å². The quantitative estimate of drug-likeness (QED) is 0.125. The molecule has 6 nitrogen and oxygen atoms in total. The molecule has 0 amide bonds. The normalized spacial score (nSPS) is 19.8. The second kappa shape index (κ2) is 17.1.